The van der Waals surface area contributed by atoms with E-state index < -0.39 is 0 Å². The monoisotopic (exact) mass is 221 g/mol. The van der Waals surface area contributed by atoms with Crippen LogP contribution in [0.2, 0.25) is 0 Å². The zero-order valence-electron chi connectivity index (χ0n) is 10.8. The first-order chi connectivity index (χ1) is 7.47. The first-order valence-corrected chi connectivity index (χ1v) is 5.75. The first-order valence-electron chi connectivity index (χ1n) is 5.75. The predicted octanol–water partition coefficient (Wildman–Crippen LogP) is 3.19. The molecule has 2 heteroatoms. The van der Waals surface area contributed by atoms with Crippen LogP contribution in [0.1, 0.15) is 43.1 Å². The Hall–Kier alpha value is -1.15. The molecule has 0 aliphatic rings. The van der Waals surface area contributed by atoms with Gasteiger partial charge in [-0.05, 0) is 38.8 Å². The topological polar surface area (TPSA) is 43.1 Å². The van der Waals surface area contributed by atoms with Crippen LogP contribution < -0.4 is 5.73 Å². The number of ketones is 1. The van der Waals surface area contributed by atoms with Crippen molar-refractivity contribution < 1.29 is 4.79 Å². The maximum absolute atomic E-state index is 10.8. The Labute approximate surface area is 98.9 Å². The van der Waals surface area contributed by atoms with Crippen molar-refractivity contribution in [2.45, 2.75) is 34.1 Å². The number of rotatable bonds is 3. The van der Waals surface area contributed by atoms with Gasteiger partial charge in [0, 0.05) is 5.56 Å². The number of nitrogens with two attached hydrogens (primary N) is 1. The molecule has 90 valence electrons. The van der Waals surface area contributed by atoms with Gasteiger partial charge in [0.05, 0.1) is 0 Å². The van der Waals surface area contributed by atoms with Crippen molar-refractivity contribution in [3.63, 3.8) is 0 Å². The summed E-state index contributed by atoms with van der Waals surface area (Å²) >= 11 is 0. The predicted molar refractivity (Wildman–Crippen MR) is 69.7 cm³/mol. The van der Waals surface area contributed by atoms with Crippen LogP contribution in [0, 0.1) is 12.8 Å². The van der Waals surface area contributed by atoms with Crippen molar-refractivity contribution in [3.05, 3.63) is 35.4 Å². The van der Waals surface area contributed by atoms with Crippen LogP contribution in [0.15, 0.2) is 24.3 Å². The highest BCUT2D eigenvalue weighted by Gasteiger charge is 1.95. The Bertz CT molecular complexity index is 318. The summed E-state index contributed by atoms with van der Waals surface area (Å²) < 4.78 is 0. The number of carbonyl (C=O) groups excluding carboxylic acids is 1. The van der Waals surface area contributed by atoms with Gasteiger partial charge in [-0.15, -0.1) is 0 Å². The largest absolute Gasteiger partial charge is 0.330 e. The van der Waals surface area contributed by atoms with Crippen LogP contribution in [0.3, 0.4) is 0 Å². The molecule has 2 nitrogen and oxygen atoms in total. The lowest BCUT2D eigenvalue weighted by molar-refractivity contribution is 0.101. The van der Waals surface area contributed by atoms with Crippen LogP contribution in [0.5, 0.6) is 0 Å². The van der Waals surface area contributed by atoms with Gasteiger partial charge < -0.3 is 5.73 Å². The molecule has 0 atom stereocenters. The molecule has 1 aromatic carbocycles. The highest BCUT2D eigenvalue weighted by Crippen LogP contribution is 2.03. The van der Waals surface area contributed by atoms with Gasteiger partial charge in [0.25, 0.3) is 0 Å². The lowest BCUT2D eigenvalue weighted by Crippen LogP contribution is -2.01. The molecule has 0 amide bonds. The molecular formula is C14H23NO. The van der Waals surface area contributed by atoms with E-state index in [1.54, 1.807) is 6.92 Å². The fraction of sp³-hybridized carbons (Fsp3) is 0.500. The van der Waals surface area contributed by atoms with E-state index in [1.807, 2.05) is 31.2 Å². The molecule has 0 spiro atoms. The second-order valence-electron chi connectivity index (χ2n) is 4.40. The summed E-state index contributed by atoms with van der Waals surface area (Å²) in [5.41, 5.74) is 7.15. The Morgan fingerprint density at radius 3 is 2.25 bits per heavy atom. The van der Waals surface area contributed by atoms with Gasteiger partial charge in [-0.1, -0.05) is 37.6 Å². The Morgan fingerprint density at radius 1 is 1.38 bits per heavy atom. The first kappa shape index (κ1) is 14.8. The molecule has 0 aliphatic heterocycles. The van der Waals surface area contributed by atoms with Crippen molar-refractivity contribution in [2.75, 3.05) is 6.54 Å². The van der Waals surface area contributed by atoms with Crippen LogP contribution >= 0.6 is 0 Å². The zero-order valence-corrected chi connectivity index (χ0v) is 10.8. The lowest BCUT2D eigenvalue weighted by atomic mass is 10.1. The molecule has 0 saturated heterocycles. The van der Waals surface area contributed by atoms with Crippen molar-refractivity contribution in [3.8, 4) is 0 Å². The molecule has 0 bridgehead atoms. The summed E-state index contributed by atoms with van der Waals surface area (Å²) in [7, 11) is 0. The van der Waals surface area contributed by atoms with E-state index in [9.17, 15) is 4.79 Å². The second kappa shape index (κ2) is 8.05. The summed E-state index contributed by atoms with van der Waals surface area (Å²) in [6, 6.07) is 7.59. The van der Waals surface area contributed by atoms with Crippen LogP contribution in [-0.4, -0.2) is 12.3 Å². The highest BCUT2D eigenvalue weighted by molar-refractivity contribution is 5.94. The fourth-order valence-corrected chi connectivity index (χ4v) is 1.20. The third kappa shape index (κ3) is 7.18. The maximum atomic E-state index is 10.8. The molecule has 0 heterocycles. The summed E-state index contributed by atoms with van der Waals surface area (Å²) in [6.45, 7) is 8.73. The molecule has 0 unspecified atom stereocenters. The van der Waals surface area contributed by atoms with E-state index >= 15 is 0 Å². The maximum Gasteiger partial charge on any atom is 0.159 e. The van der Waals surface area contributed by atoms with Gasteiger partial charge in [0.1, 0.15) is 0 Å². The molecule has 1 rings (SSSR count). The number of aryl methyl sites for hydroxylation is 1. The van der Waals surface area contributed by atoms with Crippen LogP contribution in [-0.2, 0) is 0 Å². The van der Waals surface area contributed by atoms with E-state index in [0.717, 1.165) is 30.0 Å². The van der Waals surface area contributed by atoms with Gasteiger partial charge in [0.2, 0.25) is 0 Å². The number of hydrogen-bond acceptors (Lipinski definition) is 2. The van der Waals surface area contributed by atoms with Gasteiger partial charge in [0.15, 0.2) is 5.78 Å². The SMILES string of the molecule is CC(=O)c1cccc(C)c1.CC(C)CCN. The second-order valence-corrected chi connectivity index (χ2v) is 4.40. The standard InChI is InChI=1S/C9H10O.C5H13N/c1-7-4-3-5-9(6-7)8(2)10;1-5(2)3-4-6/h3-6H,1-2H3;5H,3-4,6H2,1-2H3. The van der Waals surface area contributed by atoms with E-state index in [1.165, 1.54) is 0 Å². The van der Waals surface area contributed by atoms with E-state index in [2.05, 4.69) is 13.8 Å². The smallest absolute Gasteiger partial charge is 0.159 e. The van der Waals surface area contributed by atoms with Crippen LogP contribution in [0.25, 0.3) is 0 Å². The molecule has 1 aromatic rings. The molecule has 0 fully saturated rings. The number of Topliss-reactive ketones (excluding diaryl/α,β-unsaturated/α-hetero) is 1. The van der Waals surface area contributed by atoms with Crippen LogP contribution in [0.4, 0.5) is 0 Å². The van der Waals surface area contributed by atoms with Gasteiger partial charge in [-0.2, -0.15) is 0 Å². The summed E-state index contributed by atoms with van der Waals surface area (Å²) in [6.07, 6.45) is 1.15. The molecule has 0 saturated carbocycles. The average molecular weight is 221 g/mol. The summed E-state index contributed by atoms with van der Waals surface area (Å²) in [5.74, 6) is 0.902. The van der Waals surface area contributed by atoms with Gasteiger partial charge in [-0.3, -0.25) is 4.79 Å². The van der Waals surface area contributed by atoms with E-state index in [4.69, 9.17) is 5.73 Å². The molecule has 0 aliphatic carbocycles. The average Bonchev–Trinajstić information content (AvgIpc) is 2.18. The van der Waals surface area contributed by atoms with Gasteiger partial charge in [-0.25, -0.2) is 0 Å². The summed E-state index contributed by atoms with van der Waals surface area (Å²) in [4.78, 5) is 10.8. The van der Waals surface area contributed by atoms with Crippen molar-refractivity contribution >= 4 is 5.78 Å². The molecule has 16 heavy (non-hydrogen) atoms. The number of carbonyl (C=O) groups is 1. The highest BCUT2D eigenvalue weighted by atomic mass is 16.1. The number of benzene rings is 1. The molecule has 0 radical (unpaired) electrons. The third-order valence-corrected chi connectivity index (χ3v) is 2.17. The minimum atomic E-state index is 0.128. The van der Waals surface area contributed by atoms with E-state index in [0.29, 0.717) is 0 Å². The van der Waals surface area contributed by atoms with Crippen molar-refractivity contribution in [2.24, 2.45) is 11.7 Å². The molecular weight excluding hydrogens is 198 g/mol. The quantitative estimate of drug-likeness (QED) is 0.796. The van der Waals surface area contributed by atoms with E-state index in [-0.39, 0.29) is 5.78 Å². The number of hydrogen-bond donors (Lipinski definition) is 1. The minimum absolute atomic E-state index is 0.128. The minimum Gasteiger partial charge on any atom is -0.330 e. The van der Waals surface area contributed by atoms with Gasteiger partial charge >= 0.3 is 0 Å². The third-order valence-electron chi connectivity index (χ3n) is 2.17. The normalized spacial score (nSPS) is 9.62. The summed E-state index contributed by atoms with van der Waals surface area (Å²) in [5, 5.41) is 0. The Morgan fingerprint density at radius 2 is 2.00 bits per heavy atom. The molecule has 2 N–H and O–H groups in total. The van der Waals surface area contributed by atoms with Crippen molar-refractivity contribution in [1.29, 1.82) is 0 Å². The Kier molecular flexibility index (Phi) is 7.48. The lowest BCUT2D eigenvalue weighted by Gasteiger charge is -1.96. The zero-order chi connectivity index (χ0) is 12.6. The Balaban J connectivity index is 0.000000325. The van der Waals surface area contributed by atoms with Crippen molar-refractivity contribution in [1.82, 2.24) is 0 Å². The fourth-order valence-electron chi connectivity index (χ4n) is 1.20. The molecule has 0 aromatic heterocycles.